The molecule has 0 aromatic carbocycles. The lowest BCUT2D eigenvalue weighted by molar-refractivity contribution is 0.569. The lowest BCUT2D eigenvalue weighted by Gasteiger charge is -2.28. The minimum atomic E-state index is -3.54. The molecular formula is C15H19BrN4O2S2. The van der Waals surface area contributed by atoms with Crippen LogP contribution >= 0.6 is 27.3 Å². The number of sulfonamides is 1. The first-order valence-corrected chi connectivity index (χ1v) is 10.9. The minimum absolute atomic E-state index is 0.0837. The molecule has 24 heavy (non-hydrogen) atoms. The summed E-state index contributed by atoms with van der Waals surface area (Å²) in [7, 11) is -3.54. The molecular weight excluding hydrogens is 412 g/mol. The maximum Gasteiger partial charge on any atom is 0.250 e. The van der Waals surface area contributed by atoms with Crippen molar-refractivity contribution in [2.24, 2.45) is 0 Å². The highest BCUT2D eigenvalue weighted by molar-refractivity contribution is 9.11. The quantitative estimate of drug-likeness (QED) is 0.788. The van der Waals surface area contributed by atoms with Crippen molar-refractivity contribution in [3.05, 3.63) is 33.5 Å². The van der Waals surface area contributed by atoms with Crippen LogP contribution in [0.25, 0.3) is 0 Å². The molecule has 2 aromatic rings. The molecule has 1 aliphatic heterocycles. The summed E-state index contributed by atoms with van der Waals surface area (Å²) in [5, 5.41) is 0. The van der Waals surface area contributed by atoms with Crippen LogP contribution in [0.1, 0.15) is 30.8 Å². The number of aromatic nitrogens is 2. The van der Waals surface area contributed by atoms with Crippen LogP contribution in [-0.4, -0.2) is 31.5 Å². The fourth-order valence-corrected chi connectivity index (χ4v) is 5.68. The molecule has 0 spiro atoms. The van der Waals surface area contributed by atoms with Gasteiger partial charge in [0.2, 0.25) is 10.0 Å². The van der Waals surface area contributed by atoms with Crippen molar-refractivity contribution in [1.82, 2.24) is 14.7 Å². The molecule has 0 saturated carbocycles. The molecule has 3 rings (SSSR count). The fraction of sp³-hybridized carbons (Fsp3) is 0.467. The van der Waals surface area contributed by atoms with Gasteiger partial charge in [-0.25, -0.2) is 23.1 Å². The molecule has 3 heterocycles. The first kappa shape index (κ1) is 17.8. The van der Waals surface area contributed by atoms with E-state index in [2.05, 4.69) is 35.5 Å². The highest BCUT2D eigenvalue weighted by atomic mass is 79.9. The Labute approximate surface area is 154 Å². The van der Waals surface area contributed by atoms with Crippen molar-refractivity contribution in [2.45, 2.75) is 36.9 Å². The Balaban J connectivity index is 1.74. The average molecular weight is 431 g/mol. The van der Waals surface area contributed by atoms with Gasteiger partial charge in [-0.1, -0.05) is 0 Å². The van der Waals surface area contributed by atoms with Crippen molar-refractivity contribution < 1.29 is 8.42 Å². The third-order valence-electron chi connectivity index (χ3n) is 3.80. The van der Waals surface area contributed by atoms with Crippen LogP contribution in [0.4, 0.5) is 5.82 Å². The molecule has 1 N–H and O–H groups in total. The lowest BCUT2D eigenvalue weighted by atomic mass is 10.1. The van der Waals surface area contributed by atoms with Crippen molar-refractivity contribution in [2.75, 3.05) is 18.0 Å². The molecule has 9 heteroatoms. The predicted molar refractivity (Wildman–Crippen MR) is 98.9 cm³/mol. The van der Waals surface area contributed by atoms with Crippen molar-refractivity contribution in [3.63, 3.8) is 0 Å². The summed E-state index contributed by atoms with van der Waals surface area (Å²) < 4.78 is 28.2. The molecule has 6 nitrogen and oxygen atoms in total. The molecule has 2 aromatic heterocycles. The molecule has 0 atom stereocenters. The minimum Gasteiger partial charge on any atom is -0.357 e. The van der Waals surface area contributed by atoms with E-state index in [1.807, 2.05) is 13.0 Å². The topological polar surface area (TPSA) is 75.2 Å². The van der Waals surface area contributed by atoms with Gasteiger partial charge in [0.05, 0.1) is 10.3 Å². The van der Waals surface area contributed by atoms with E-state index in [0.29, 0.717) is 5.82 Å². The monoisotopic (exact) mass is 430 g/mol. The van der Waals surface area contributed by atoms with Crippen LogP contribution in [0, 0.1) is 6.92 Å². The molecule has 0 aliphatic carbocycles. The highest BCUT2D eigenvalue weighted by Gasteiger charge is 2.18. The number of anilines is 1. The van der Waals surface area contributed by atoms with Crippen LogP contribution in [0.15, 0.2) is 26.2 Å². The van der Waals surface area contributed by atoms with E-state index in [1.54, 1.807) is 12.1 Å². The number of rotatable bonds is 5. The second-order valence-corrected chi connectivity index (χ2v) is 10.2. The van der Waals surface area contributed by atoms with Gasteiger partial charge in [0.1, 0.15) is 15.9 Å². The molecule has 1 aliphatic rings. The Kier molecular flexibility index (Phi) is 5.53. The number of thiophene rings is 1. The van der Waals surface area contributed by atoms with Gasteiger partial charge in [0.15, 0.2) is 0 Å². The van der Waals surface area contributed by atoms with Crippen LogP contribution in [-0.2, 0) is 16.6 Å². The lowest BCUT2D eigenvalue weighted by Crippen LogP contribution is -2.31. The number of hydrogen-bond acceptors (Lipinski definition) is 6. The number of hydrogen-bond donors (Lipinski definition) is 1. The Morgan fingerprint density at radius 1 is 1.25 bits per heavy atom. The molecule has 0 amide bonds. The van der Waals surface area contributed by atoms with Crippen LogP contribution in [0.5, 0.6) is 0 Å². The van der Waals surface area contributed by atoms with Gasteiger partial charge < -0.3 is 4.90 Å². The van der Waals surface area contributed by atoms with Crippen molar-refractivity contribution in [1.29, 1.82) is 0 Å². The van der Waals surface area contributed by atoms with E-state index in [-0.39, 0.29) is 10.8 Å². The molecule has 0 radical (unpaired) electrons. The van der Waals surface area contributed by atoms with E-state index in [1.165, 1.54) is 17.8 Å². The van der Waals surface area contributed by atoms with E-state index in [9.17, 15) is 8.42 Å². The second kappa shape index (κ2) is 7.47. The summed E-state index contributed by atoms with van der Waals surface area (Å²) in [5.74, 6) is 1.38. The van der Waals surface area contributed by atoms with Gasteiger partial charge in [0.25, 0.3) is 0 Å². The number of nitrogens with one attached hydrogen (secondary N) is 1. The molecule has 130 valence electrons. The number of nitrogens with zero attached hydrogens (tertiary/aromatic N) is 3. The van der Waals surface area contributed by atoms with Crippen LogP contribution < -0.4 is 9.62 Å². The van der Waals surface area contributed by atoms with Crippen molar-refractivity contribution in [3.8, 4) is 0 Å². The summed E-state index contributed by atoms with van der Waals surface area (Å²) in [5.41, 5.74) is 0.846. The average Bonchev–Trinajstić information content (AvgIpc) is 3.01. The number of aryl methyl sites for hydroxylation is 1. The zero-order chi connectivity index (χ0) is 17.2. The standard InChI is InChI=1S/C15H19BrN4O2S2/c1-11-9-14(20-7-3-2-4-8-20)19-13(18-11)10-17-24(21,22)15-6-5-12(16)23-15/h5-6,9,17H,2-4,7-8,10H2,1H3. The normalized spacial score (nSPS) is 15.7. The maximum atomic E-state index is 12.3. The summed E-state index contributed by atoms with van der Waals surface area (Å²) in [4.78, 5) is 11.1. The van der Waals surface area contributed by atoms with Gasteiger partial charge in [-0.2, -0.15) is 0 Å². The van der Waals surface area contributed by atoms with Gasteiger partial charge in [-0.15, -0.1) is 11.3 Å². The maximum absolute atomic E-state index is 12.3. The summed E-state index contributed by atoms with van der Waals surface area (Å²) in [6.45, 7) is 3.97. The first-order chi connectivity index (χ1) is 11.4. The van der Waals surface area contributed by atoms with Gasteiger partial charge in [-0.3, -0.25) is 0 Å². The fourth-order valence-electron chi connectivity index (χ4n) is 2.65. The molecule has 0 bridgehead atoms. The zero-order valence-electron chi connectivity index (χ0n) is 13.3. The first-order valence-electron chi connectivity index (χ1n) is 7.78. The largest absolute Gasteiger partial charge is 0.357 e. The van der Waals surface area contributed by atoms with E-state index in [4.69, 9.17) is 0 Å². The Morgan fingerprint density at radius 3 is 2.67 bits per heavy atom. The Morgan fingerprint density at radius 2 is 2.00 bits per heavy atom. The zero-order valence-corrected chi connectivity index (χ0v) is 16.5. The summed E-state index contributed by atoms with van der Waals surface area (Å²) in [6, 6.07) is 5.25. The van der Waals surface area contributed by atoms with Gasteiger partial charge in [0, 0.05) is 24.8 Å². The van der Waals surface area contributed by atoms with Gasteiger partial charge >= 0.3 is 0 Å². The SMILES string of the molecule is Cc1cc(N2CCCCC2)nc(CNS(=O)(=O)c2ccc(Br)s2)n1. The smallest absolute Gasteiger partial charge is 0.250 e. The predicted octanol–water partition coefficient (Wildman–Crippen LogP) is 3.08. The van der Waals surface area contributed by atoms with E-state index < -0.39 is 10.0 Å². The van der Waals surface area contributed by atoms with E-state index in [0.717, 1.165) is 41.2 Å². The molecule has 1 saturated heterocycles. The van der Waals surface area contributed by atoms with Crippen LogP contribution in [0.3, 0.4) is 0 Å². The van der Waals surface area contributed by atoms with Gasteiger partial charge in [-0.05, 0) is 54.2 Å². The highest BCUT2D eigenvalue weighted by Crippen LogP contribution is 2.26. The number of halogens is 1. The molecule has 0 unspecified atom stereocenters. The second-order valence-electron chi connectivity index (χ2n) is 5.71. The third kappa shape index (κ3) is 4.33. The number of piperidine rings is 1. The van der Waals surface area contributed by atoms with E-state index >= 15 is 0 Å². The Bertz CT molecular complexity index is 817. The Hall–Kier alpha value is -1.03. The van der Waals surface area contributed by atoms with Crippen molar-refractivity contribution >= 4 is 43.1 Å². The van der Waals surface area contributed by atoms with Crippen LogP contribution in [0.2, 0.25) is 0 Å². The molecule has 1 fully saturated rings. The summed E-state index contributed by atoms with van der Waals surface area (Å²) >= 11 is 4.46. The summed E-state index contributed by atoms with van der Waals surface area (Å²) in [6.07, 6.45) is 3.58. The third-order valence-corrected chi connectivity index (χ3v) is 7.32.